The van der Waals surface area contributed by atoms with E-state index in [1.807, 2.05) is 41.5 Å². The van der Waals surface area contributed by atoms with Gasteiger partial charge in [0.15, 0.2) is 0 Å². The van der Waals surface area contributed by atoms with Crippen molar-refractivity contribution in [1.82, 2.24) is 0 Å². The molecule has 0 saturated carbocycles. The quantitative estimate of drug-likeness (QED) is 0.514. The molecular formula is C12H24O2. The number of hydrogen-bond acceptors (Lipinski definition) is 2. The third kappa shape index (κ3) is 5.79. The lowest BCUT2D eigenvalue weighted by Gasteiger charge is -2.29. The molecule has 0 bridgehead atoms. The van der Waals surface area contributed by atoms with Crippen molar-refractivity contribution in [3.63, 3.8) is 0 Å². The van der Waals surface area contributed by atoms with Gasteiger partial charge in [-0.1, -0.05) is 34.3 Å². The molecule has 0 heterocycles. The maximum Gasteiger partial charge on any atom is 0.333 e. The van der Waals surface area contributed by atoms with E-state index in [0.717, 1.165) is 0 Å². The van der Waals surface area contributed by atoms with Crippen molar-refractivity contribution in [3.05, 3.63) is 12.2 Å². The summed E-state index contributed by atoms with van der Waals surface area (Å²) < 4.78 is 5.22. The highest BCUT2D eigenvalue weighted by molar-refractivity contribution is 5.87. The van der Waals surface area contributed by atoms with Crippen molar-refractivity contribution < 1.29 is 9.53 Å². The molecule has 0 aromatic rings. The van der Waals surface area contributed by atoms with E-state index in [4.69, 9.17) is 4.74 Å². The van der Waals surface area contributed by atoms with Gasteiger partial charge in [-0.05, 0) is 26.7 Å². The first-order chi connectivity index (χ1) is 6.27. The second kappa shape index (κ2) is 6.63. The second-order valence-corrected chi connectivity index (χ2v) is 3.93. The van der Waals surface area contributed by atoms with Crippen LogP contribution in [0.5, 0.6) is 0 Å². The van der Waals surface area contributed by atoms with Crippen LogP contribution >= 0.6 is 0 Å². The van der Waals surface area contributed by atoms with Gasteiger partial charge in [0.05, 0.1) is 0 Å². The normalized spacial score (nSPS) is 10.3. The Balaban J connectivity index is 0. The van der Waals surface area contributed by atoms with Crippen LogP contribution in [-0.4, -0.2) is 11.6 Å². The summed E-state index contributed by atoms with van der Waals surface area (Å²) in [5, 5.41) is 0. The second-order valence-electron chi connectivity index (χ2n) is 3.93. The minimum absolute atomic E-state index is 0.306. The number of carbonyl (C=O) groups excluding carboxylic acids is 1. The molecule has 84 valence electrons. The Bertz CT molecular complexity index is 190. The van der Waals surface area contributed by atoms with Crippen molar-refractivity contribution in [2.24, 2.45) is 5.92 Å². The van der Waals surface area contributed by atoms with Gasteiger partial charge in [-0.15, -0.1) is 0 Å². The monoisotopic (exact) mass is 200 g/mol. The smallest absolute Gasteiger partial charge is 0.333 e. The first-order valence-corrected chi connectivity index (χ1v) is 5.16. The molecule has 0 amide bonds. The first kappa shape index (κ1) is 15.7. The lowest BCUT2D eigenvalue weighted by atomic mass is 9.94. The molecule has 0 rings (SSSR count). The molecule has 0 spiro atoms. The number of carbonyl (C=O) groups is 1. The van der Waals surface area contributed by atoms with E-state index in [1.54, 1.807) is 6.92 Å². The largest absolute Gasteiger partial charge is 0.456 e. The Morgan fingerprint density at radius 3 is 1.86 bits per heavy atom. The molecule has 2 heteroatoms. The Hall–Kier alpha value is -0.790. The molecule has 0 aromatic heterocycles. The van der Waals surface area contributed by atoms with Crippen LogP contribution in [0.25, 0.3) is 0 Å². The number of hydrogen-bond donors (Lipinski definition) is 0. The van der Waals surface area contributed by atoms with Crippen molar-refractivity contribution >= 4 is 5.97 Å². The highest BCUT2D eigenvalue weighted by atomic mass is 16.6. The predicted molar refractivity (Wildman–Crippen MR) is 61.2 cm³/mol. The van der Waals surface area contributed by atoms with Gasteiger partial charge in [0.25, 0.3) is 0 Å². The van der Waals surface area contributed by atoms with Crippen molar-refractivity contribution in [3.8, 4) is 0 Å². The van der Waals surface area contributed by atoms with Crippen molar-refractivity contribution in [1.29, 1.82) is 0 Å². The van der Waals surface area contributed by atoms with E-state index in [-0.39, 0.29) is 5.97 Å². The van der Waals surface area contributed by atoms with E-state index in [1.165, 1.54) is 0 Å². The summed E-state index contributed by atoms with van der Waals surface area (Å²) in [4.78, 5) is 11.1. The van der Waals surface area contributed by atoms with E-state index in [0.29, 0.717) is 11.5 Å². The van der Waals surface area contributed by atoms with E-state index >= 15 is 0 Å². The molecule has 14 heavy (non-hydrogen) atoms. The molecule has 0 unspecified atom stereocenters. The first-order valence-electron chi connectivity index (χ1n) is 5.16. The van der Waals surface area contributed by atoms with Gasteiger partial charge in [0.1, 0.15) is 5.60 Å². The van der Waals surface area contributed by atoms with E-state index in [9.17, 15) is 4.79 Å². The zero-order chi connectivity index (χ0) is 11.9. The molecule has 0 fully saturated rings. The fourth-order valence-corrected chi connectivity index (χ4v) is 0.444. The van der Waals surface area contributed by atoms with Crippen molar-refractivity contribution in [2.45, 2.75) is 54.1 Å². The molecule has 0 saturated heterocycles. The third-order valence-corrected chi connectivity index (χ3v) is 2.09. The van der Waals surface area contributed by atoms with Crippen LogP contribution in [0.3, 0.4) is 0 Å². The highest BCUT2D eigenvalue weighted by Gasteiger charge is 2.26. The van der Waals surface area contributed by atoms with Gasteiger partial charge in [-0.25, -0.2) is 4.79 Å². The van der Waals surface area contributed by atoms with Crippen LogP contribution in [-0.2, 0) is 9.53 Å². The Morgan fingerprint density at radius 2 is 1.64 bits per heavy atom. The summed E-state index contributed by atoms with van der Waals surface area (Å²) in [5.74, 6) is -0.00509. The molecule has 0 N–H and O–H groups in total. The zero-order valence-electron chi connectivity index (χ0n) is 10.6. The van der Waals surface area contributed by atoms with Gasteiger partial charge < -0.3 is 4.74 Å². The average Bonchev–Trinajstić information content (AvgIpc) is 2.06. The molecule has 0 aliphatic rings. The minimum Gasteiger partial charge on any atom is -0.456 e. The molecular weight excluding hydrogens is 176 g/mol. The third-order valence-electron chi connectivity index (χ3n) is 2.09. The van der Waals surface area contributed by atoms with Crippen LogP contribution in [0, 0.1) is 5.92 Å². The predicted octanol–water partition coefficient (Wildman–Crippen LogP) is 3.57. The number of ether oxygens (including phenoxy) is 1. The molecule has 0 aliphatic heterocycles. The Morgan fingerprint density at radius 1 is 1.29 bits per heavy atom. The SMILES string of the molecule is C=C(C)C(=O)OC(C)(C)C(C)C.CC. The molecule has 0 atom stereocenters. The highest BCUT2D eigenvalue weighted by Crippen LogP contribution is 2.21. The van der Waals surface area contributed by atoms with Gasteiger partial charge in [0, 0.05) is 5.57 Å². The molecule has 2 nitrogen and oxygen atoms in total. The fraction of sp³-hybridized carbons (Fsp3) is 0.750. The number of rotatable bonds is 3. The topological polar surface area (TPSA) is 26.3 Å². The fourth-order valence-electron chi connectivity index (χ4n) is 0.444. The van der Waals surface area contributed by atoms with Gasteiger partial charge >= 0.3 is 5.97 Å². The summed E-state index contributed by atoms with van der Waals surface area (Å²) >= 11 is 0. The molecule has 0 aliphatic carbocycles. The van der Waals surface area contributed by atoms with Crippen LogP contribution in [0.15, 0.2) is 12.2 Å². The standard InChI is InChI=1S/C10H18O2.C2H6/c1-7(2)9(11)12-10(5,6)8(3)4;1-2/h8H,1H2,2-6H3;1-2H3. The van der Waals surface area contributed by atoms with Gasteiger partial charge in [0.2, 0.25) is 0 Å². The van der Waals surface area contributed by atoms with Crippen LogP contribution in [0.2, 0.25) is 0 Å². The van der Waals surface area contributed by atoms with Crippen LogP contribution in [0.4, 0.5) is 0 Å². The minimum atomic E-state index is -0.407. The van der Waals surface area contributed by atoms with Gasteiger partial charge in [-0.3, -0.25) is 0 Å². The lowest BCUT2D eigenvalue weighted by Crippen LogP contribution is -2.33. The summed E-state index contributed by atoms with van der Waals surface area (Å²) in [6.45, 7) is 17.0. The zero-order valence-corrected chi connectivity index (χ0v) is 10.6. The summed E-state index contributed by atoms with van der Waals surface area (Å²) in [7, 11) is 0. The Kier molecular flexibility index (Phi) is 7.42. The summed E-state index contributed by atoms with van der Waals surface area (Å²) in [5.41, 5.74) is 0.0412. The van der Waals surface area contributed by atoms with Crippen LogP contribution in [0.1, 0.15) is 48.5 Å². The molecule has 0 aromatic carbocycles. The summed E-state index contributed by atoms with van der Waals surface area (Å²) in [6, 6.07) is 0. The van der Waals surface area contributed by atoms with Gasteiger partial charge in [-0.2, -0.15) is 0 Å². The van der Waals surface area contributed by atoms with Crippen molar-refractivity contribution in [2.75, 3.05) is 0 Å². The van der Waals surface area contributed by atoms with Crippen LogP contribution < -0.4 is 0 Å². The Labute approximate surface area is 88.3 Å². The maximum absolute atomic E-state index is 11.1. The number of esters is 1. The lowest BCUT2D eigenvalue weighted by molar-refractivity contribution is -0.155. The average molecular weight is 200 g/mol. The van der Waals surface area contributed by atoms with E-state index < -0.39 is 5.60 Å². The summed E-state index contributed by atoms with van der Waals surface area (Å²) in [6.07, 6.45) is 0. The maximum atomic E-state index is 11.1. The molecule has 0 radical (unpaired) electrons. The van der Waals surface area contributed by atoms with E-state index in [2.05, 4.69) is 6.58 Å².